The van der Waals surface area contributed by atoms with Gasteiger partial charge in [-0.1, -0.05) is 0 Å². The Kier molecular flexibility index (Phi) is 3.22. The summed E-state index contributed by atoms with van der Waals surface area (Å²) in [7, 11) is 0. The molecule has 1 amide bonds. The number of fused-ring (bicyclic) bond motifs is 1. The van der Waals surface area contributed by atoms with Gasteiger partial charge >= 0.3 is 0 Å². The number of nitrogens with one attached hydrogen (secondary N) is 1. The molecule has 0 bridgehead atoms. The first kappa shape index (κ1) is 14.1. The molecule has 0 aliphatic heterocycles. The fourth-order valence-corrected chi connectivity index (χ4v) is 4.62. The van der Waals surface area contributed by atoms with Crippen LogP contribution < -0.4 is 5.32 Å². The summed E-state index contributed by atoms with van der Waals surface area (Å²) in [4.78, 5) is 23.4. The highest BCUT2D eigenvalue weighted by Gasteiger charge is 2.42. The molecule has 0 unspecified atom stereocenters. The van der Waals surface area contributed by atoms with Crippen LogP contribution in [0.2, 0.25) is 0 Å². The number of thiophene rings is 1. The molecule has 0 saturated heterocycles. The van der Waals surface area contributed by atoms with Crippen LogP contribution in [0.1, 0.15) is 52.4 Å². The predicted octanol–water partition coefficient (Wildman–Crippen LogP) is 3.53. The van der Waals surface area contributed by atoms with Gasteiger partial charge in [0.1, 0.15) is 10.7 Å². The largest absolute Gasteiger partial charge is 0.348 e. The smallest absolute Gasteiger partial charge is 0.261 e. The van der Waals surface area contributed by atoms with Gasteiger partial charge in [0.2, 0.25) is 0 Å². The number of aromatic nitrogens is 2. The summed E-state index contributed by atoms with van der Waals surface area (Å²) in [6.45, 7) is 5.91. The Bertz CT molecular complexity index is 747. The van der Waals surface area contributed by atoms with E-state index in [0.29, 0.717) is 6.04 Å². The van der Waals surface area contributed by atoms with Crippen molar-refractivity contribution in [3.8, 4) is 0 Å². The van der Waals surface area contributed by atoms with E-state index in [1.165, 1.54) is 37.0 Å². The third-order valence-corrected chi connectivity index (χ3v) is 6.03. The Labute approximate surface area is 134 Å². The lowest BCUT2D eigenvalue weighted by molar-refractivity contribution is 0.0930. The van der Waals surface area contributed by atoms with E-state index in [9.17, 15) is 4.79 Å². The van der Waals surface area contributed by atoms with E-state index in [4.69, 9.17) is 0 Å². The maximum Gasteiger partial charge on any atom is 0.261 e. The summed E-state index contributed by atoms with van der Waals surface area (Å²) in [5.41, 5.74) is 2.00. The quantitative estimate of drug-likeness (QED) is 0.939. The standard InChI is InChI=1S/C17H21N3OS/c1-8-13-9(2)18-10(3)19-17(13)22-15(8)16(21)20-14(11-4-5-11)12-6-7-12/h11-12,14H,4-7H2,1-3H3,(H,20,21). The first-order valence-corrected chi connectivity index (χ1v) is 8.91. The molecule has 1 N–H and O–H groups in total. The predicted molar refractivity (Wildman–Crippen MR) is 88.3 cm³/mol. The summed E-state index contributed by atoms with van der Waals surface area (Å²) < 4.78 is 0. The van der Waals surface area contributed by atoms with Crippen molar-refractivity contribution in [2.45, 2.75) is 52.5 Å². The molecule has 0 aromatic carbocycles. The number of hydrogen-bond acceptors (Lipinski definition) is 4. The van der Waals surface area contributed by atoms with Crippen molar-refractivity contribution in [2.75, 3.05) is 0 Å². The highest BCUT2D eigenvalue weighted by atomic mass is 32.1. The second-order valence-electron chi connectivity index (χ2n) is 6.77. The molecule has 4 nitrogen and oxygen atoms in total. The molecule has 2 aromatic rings. The van der Waals surface area contributed by atoms with Crippen LogP contribution in [0.3, 0.4) is 0 Å². The lowest BCUT2D eigenvalue weighted by Crippen LogP contribution is -2.37. The van der Waals surface area contributed by atoms with Crippen LogP contribution in [0.15, 0.2) is 0 Å². The zero-order valence-corrected chi connectivity index (χ0v) is 14.1. The lowest BCUT2D eigenvalue weighted by Gasteiger charge is -2.17. The lowest BCUT2D eigenvalue weighted by atomic mass is 10.1. The van der Waals surface area contributed by atoms with Gasteiger partial charge in [-0.3, -0.25) is 4.79 Å². The zero-order valence-electron chi connectivity index (χ0n) is 13.3. The molecule has 2 aliphatic carbocycles. The molecule has 2 aromatic heterocycles. The molecule has 0 spiro atoms. The first-order valence-electron chi connectivity index (χ1n) is 8.10. The molecule has 2 fully saturated rings. The van der Waals surface area contributed by atoms with Gasteiger partial charge in [-0.25, -0.2) is 9.97 Å². The van der Waals surface area contributed by atoms with Crippen molar-refractivity contribution >= 4 is 27.5 Å². The zero-order chi connectivity index (χ0) is 15.4. The molecule has 4 rings (SSSR count). The number of nitrogens with zero attached hydrogens (tertiary/aromatic N) is 2. The average molecular weight is 315 g/mol. The number of rotatable bonds is 4. The van der Waals surface area contributed by atoms with Crippen LogP contribution in [0.4, 0.5) is 0 Å². The Hall–Kier alpha value is -1.49. The molecule has 22 heavy (non-hydrogen) atoms. The summed E-state index contributed by atoms with van der Waals surface area (Å²) in [5, 5.41) is 4.37. The van der Waals surface area contributed by atoms with Gasteiger partial charge in [0, 0.05) is 17.1 Å². The Balaban J connectivity index is 1.66. The van der Waals surface area contributed by atoms with Gasteiger partial charge < -0.3 is 5.32 Å². The van der Waals surface area contributed by atoms with E-state index in [1.54, 1.807) is 0 Å². The molecular weight excluding hydrogens is 294 g/mol. The maximum atomic E-state index is 12.8. The summed E-state index contributed by atoms with van der Waals surface area (Å²) >= 11 is 1.50. The Morgan fingerprint density at radius 3 is 2.36 bits per heavy atom. The summed E-state index contributed by atoms with van der Waals surface area (Å²) in [5.74, 6) is 2.29. The summed E-state index contributed by atoms with van der Waals surface area (Å²) in [6.07, 6.45) is 5.10. The van der Waals surface area contributed by atoms with Gasteiger partial charge in [-0.15, -0.1) is 11.3 Å². The number of carbonyl (C=O) groups excluding carboxylic acids is 1. The van der Waals surface area contributed by atoms with Crippen LogP contribution in [0, 0.1) is 32.6 Å². The average Bonchev–Trinajstić information content (AvgIpc) is 3.34. The fourth-order valence-electron chi connectivity index (χ4n) is 3.44. The number of carbonyl (C=O) groups is 1. The van der Waals surface area contributed by atoms with Gasteiger partial charge in [0.05, 0.1) is 4.88 Å². The minimum absolute atomic E-state index is 0.0846. The van der Waals surface area contributed by atoms with Gasteiger partial charge in [0.15, 0.2) is 0 Å². The van der Waals surface area contributed by atoms with Crippen LogP contribution in [-0.4, -0.2) is 21.9 Å². The fraction of sp³-hybridized carbons (Fsp3) is 0.588. The third-order valence-electron chi connectivity index (χ3n) is 4.85. The van der Waals surface area contributed by atoms with E-state index in [0.717, 1.165) is 44.0 Å². The highest BCUT2D eigenvalue weighted by Crippen LogP contribution is 2.44. The van der Waals surface area contributed by atoms with Crippen LogP contribution >= 0.6 is 11.3 Å². The van der Waals surface area contributed by atoms with Crippen molar-refractivity contribution in [3.05, 3.63) is 22.0 Å². The molecular formula is C17H21N3OS. The first-order chi connectivity index (χ1) is 10.5. The monoisotopic (exact) mass is 315 g/mol. The minimum atomic E-state index is 0.0846. The second kappa shape index (κ2) is 5.01. The number of hydrogen-bond donors (Lipinski definition) is 1. The third kappa shape index (κ3) is 2.41. The van der Waals surface area contributed by atoms with Crippen molar-refractivity contribution in [1.82, 2.24) is 15.3 Å². The van der Waals surface area contributed by atoms with E-state index < -0.39 is 0 Å². The van der Waals surface area contributed by atoms with Gasteiger partial charge in [0.25, 0.3) is 5.91 Å². The van der Waals surface area contributed by atoms with Crippen molar-refractivity contribution < 1.29 is 4.79 Å². The highest BCUT2D eigenvalue weighted by molar-refractivity contribution is 7.20. The molecule has 2 aliphatic rings. The van der Waals surface area contributed by atoms with Crippen LogP contribution in [0.5, 0.6) is 0 Å². The molecule has 2 heterocycles. The normalized spacial score (nSPS) is 18.2. The van der Waals surface area contributed by atoms with Crippen LogP contribution in [-0.2, 0) is 0 Å². The van der Waals surface area contributed by atoms with E-state index >= 15 is 0 Å². The van der Waals surface area contributed by atoms with Crippen molar-refractivity contribution in [1.29, 1.82) is 0 Å². The van der Waals surface area contributed by atoms with Crippen molar-refractivity contribution in [3.63, 3.8) is 0 Å². The second-order valence-corrected chi connectivity index (χ2v) is 7.77. The van der Waals surface area contributed by atoms with Gasteiger partial charge in [-0.2, -0.15) is 0 Å². The number of aryl methyl sites for hydroxylation is 3. The topological polar surface area (TPSA) is 54.9 Å². The van der Waals surface area contributed by atoms with Crippen molar-refractivity contribution in [2.24, 2.45) is 11.8 Å². The van der Waals surface area contributed by atoms with E-state index in [2.05, 4.69) is 15.3 Å². The minimum Gasteiger partial charge on any atom is -0.348 e. The summed E-state index contributed by atoms with van der Waals surface area (Å²) in [6, 6.07) is 0.394. The molecule has 0 atom stereocenters. The van der Waals surface area contributed by atoms with Gasteiger partial charge in [-0.05, 0) is 63.9 Å². The molecule has 5 heteroatoms. The molecule has 0 radical (unpaired) electrons. The molecule has 2 saturated carbocycles. The molecule has 116 valence electrons. The SMILES string of the molecule is Cc1nc(C)c2c(C)c(C(=O)NC(C3CC3)C3CC3)sc2n1. The van der Waals surface area contributed by atoms with E-state index in [-0.39, 0.29) is 5.91 Å². The van der Waals surface area contributed by atoms with E-state index in [1.807, 2.05) is 20.8 Å². The number of amides is 1. The maximum absolute atomic E-state index is 12.8. The Morgan fingerprint density at radius 1 is 1.14 bits per heavy atom. The Morgan fingerprint density at radius 2 is 1.77 bits per heavy atom. The van der Waals surface area contributed by atoms with Crippen LogP contribution in [0.25, 0.3) is 10.2 Å².